The van der Waals surface area contributed by atoms with Gasteiger partial charge in [0.05, 0.1) is 0 Å². The third-order valence-corrected chi connectivity index (χ3v) is 3.09. The van der Waals surface area contributed by atoms with Gasteiger partial charge in [-0.15, -0.1) is 0 Å². The molecule has 0 bridgehead atoms. The second-order valence-electron chi connectivity index (χ2n) is 4.16. The van der Waals surface area contributed by atoms with Crippen LogP contribution in [0, 0.1) is 11.6 Å². The number of hydrogen-bond donors (Lipinski definition) is 1. The van der Waals surface area contributed by atoms with Crippen LogP contribution in [0.2, 0.25) is 0 Å². The van der Waals surface area contributed by atoms with Crippen molar-refractivity contribution >= 4 is 15.9 Å². The van der Waals surface area contributed by atoms with Gasteiger partial charge in [0.2, 0.25) is 0 Å². The molecule has 1 atom stereocenters. The number of halogens is 3. The van der Waals surface area contributed by atoms with Gasteiger partial charge in [0.1, 0.15) is 0 Å². The van der Waals surface area contributed by atoms with E-state index in [1.807, 2.05) is 0 Å². The lowest BCUT2D eigenvalue weighted by atomic mass is 10.1. The first-order valence-corrected chi connectivity index (χ1v) is 6.44. The van der Waals surface area contributed by atoms with Crippen molar-refractivity contribution in [1.29, 1.82) is 0 Å². The highest BCUT2D eigenvalue weighted by molar-refractivity contribution is 9.10. The van der Waals surface area contributed by atoms with Crippen molar-refractivity contribution in [3.63, 3.8) is 0 Å². The first kappa shape index (κ1) is 14.0. The van der Waals surface area contributed by atoms with Crippen molar-refractivity contribution < 1.29 is 13.5 Å². The summed E-state index contributed by atoms with van der Waals surface area (Å²) in [5, 5.41) is 0. The Morgan fingerprint density at radius 1 is 1.05 bits per heavy atom. The van der Waals surface area contributed by atoms with Crippen LogP contribution in [0.25, 0.3) is 0 Å². The zero-order chi connectivity index (χ0) is 14.0. The van der Waals surface area contributed by atoms with Crippen LogP contribution in [0.15, 0.2) is 40.9 Å². The molecule has 2 rings (SSSR count). The Bertz CT molecular complexity index is 602. The van der Waals surface area contributed by atoms with E-state index >= 15 is 0 Å². The summed E-state index contributed by atoms with van der Waals surface area (Å²) in [5.41, 5.74) is 6.31. The number of benzene rings is 2. The van der Waals surface area contributed by atoms with Crippen LogP contribution in [0.3, 0.4) is 0 Å². The molecule has 100 valence electrons. The van der Waals surface area contributed by atoms with Crippen LogP contribution < -0.4 is 10.5 Å². The van der Waals surface area contributed by atoms with E-state index in [-0.39, 0.29) is 17.5 Å². The predicted molar refractivity (Wildman–Crippen MR) is 73.2 cm³/mol. The van der Waals surface area contributed by atoms with E-state index < -0.39 is 11.6 Å². The third kappa shape index (κ3) is 3.30. The standard InChI is InChI=1S/C14H12BrF2NO/c1-8(18)9-2-5-13(12(17)6-9)19-14-7-10(15)3-4-11(14)16/h2-8H,18H2,1H3/t8-/m0/s1. The van der Waals surface area contributed by atoms with E-state index in [1.54, 1.807) is 13.0 Å². The van der Waals surface area contributed by atoms with Crippen molar-refractivity contribution in [3.05, 3.63) is 58.1 Å². The van der Waals surface area contributed by atoms with Gasteiger partial charge in [-0.25, -0.2) is 8.78 Å². The molecule has 5 heteroatoms. The Morgan fingerprint density at radius 2 is 1.79 bits per heavy atom. The molecule has 2 N–H and O–H groups in total. The molecule has 0 aliphatic rings. The van der Waals surface area contributed by atoms with Crippen LogP contribution in [0.5, 0.6) is 11.5 Å². The summed E-state index contributed by atoms with van der Waals surface area (Å²) < 4.78 is 33.2. The zero-order valence-electron chi connectivity index (χ0n) is 10.2. The van der Waals surface area contributed by atoms with Crippen molar-refractivity contribution in [1.82, 2.24) is 0 Å². The molecule has 0 amide bonds. The highest BCUT2D eigenvalue weighted by Gasteiger charge is 2.11. The number of ether oxygens (including phenoxy) is 1. The van der Waals surface area contributed by atoms with Crippen molar-refractivity contribution in [2.75, 3.05) is 0 Å². The fraction of sp³-hybridized carbons (Fsp3) is 0.143. The topological polar surface area (TPSA) is 35.2 Å². The molecule has 0 aliphatic heterocycles. The zero-order valence-corrected chi connectivity index (χ0v) is 11.7. The summed E-state index contributed by atoms with van der Waals surface area (Å²) in [7, 11) is 0. The van der Waals surface area contributed by atoms with E-state index in [2.05, 4.69) is 15.9 Å². The highest BCUT2D eigenvalue weighted by Crippen LogP contribution is 2.30. The fourth-order valence-electron chi connectivity index (χ4n) is 1.56. The molecule has 0 aromatic heterocycles. The minimum Gasteiger partial charge on any atom is -0.451 e. The van der Waals surface area contributed by atoms with Crippen LogP contribution in [-0.4, -0.2) is 0 Å². The Kier molecular flexibility index (Phi) is 4.17. The molecule has 0 spiro atoms. The molecule has 2 aromatic carbocycles. The van der Waals surface area contributed by atoms with Crippen LogP contribution in [0.1, 0.15) is 18.5 Å². The Hall–Kier alpha value is -1.46. The maximum absolute atomic E-state index is 13.8. The molecule has 2 nitrogen and oxygen atoms in total. The Morgan fingerprint density at radius 3 is 2.42 bits per heavy atom. The van der Waals surface area contributed by atoms with Gasteiger partial charge in [-0.2, -0.15) is 0 Å². The third-order valence-electron chi connectivity index (χ3n) is 2.59. The molecule has 0 heterocycles. The van der Waals surface area contributed by atoms with Gasteiger partial charge in [-0.3, -0.25) is 0 Å². The summed E-state index contributed by atoms with van der Waals surface area (Å²) in [4.78, 5) is 0. The lowest BCUT2D eigenvalue weighted by Gasteiger charge is -2.11. The smallest absolute Gasteiger partial charge is 0.166 e. The molecule has 0 saturated heterocycles. The van der Waals surface area contributed by atoms with Gasteiger partial charge in [0, 0.05) is 10.5 Å². The first-order chi connectivity index (χ1) is 8.97. The molecular weight excluding hydrogens is 316 g/mol. The van der Waals surface area contributed by atoms with E-state index in [4.69, 9.17) is 10.5 Å². The van der Waals surface area contributed by atoms with E-state index in [1.165, 1.54) is 30.3 Å². The summed E-state index contributed by atoms with van der Waals surface area (Å²) >= 11 is 3.20. The molecule has 0 unspecified atom stereocenters. The first-order valence-electron chi connectivity index (χ1n) is 5.65. The number of nitrogens with two attached hydrogens (primary N) is 1. The average molecular weight is 328 g/mol. The Balaban J connectivity index is 2.31. The number of hydrogen-bond acceptors (Lipinski definition) is 2. The monoisotopic (exact) mass is 327 g/mol. The van der Waals surface area contributed by atoms with Crippen LogP contribution in [-0.2, 0) is 0 Å². The average Bonchev–Trinajstić information content (AvgIpc) is 2.36. The maximum atomic E-state index is 13.8. The van der Waals surface area contributed by atoms with Gasteiger partial charge in [0.25, 0.3) is 0 Å². The van der Waals surface area contributed by atoms with Gasteiger partial charge < -0.3 is 10.5 Å². The molecule has 0 radical (unpaired) electrons. The molecule has 0 aliphatic carbocycles. The number of rotatable bonds is 3. The quantitative estimate of drug-likeness (QED) is 0.898. The van der Waals surface area contributed by atoms with Crippen molar-refractivity contribution in [2.45, 2.75) is 13.0 Å². The summed E-state index contributed by atoms with van der Waals surface area (Å²) in [6, 6.07) is 8.33. The minimum atomic E-state index is -0.575. The summed E-state index contributed by atoms with van der Waals surface area (Å²) in [6.45, 7) is 1.75. The summed E-state index contributed by atoms with van der Waals surface area (Å²) in [5.74, 6) is -1.21. The van der Waals surface area contributed by atoms with E-state index in [9.17, 15) is 8.78 Å². The molecular formula is C14H12BrF2NO. The van der Waals surface area contributed by atoms with Gasteiger partial charge in [-0.1, -0.05) is 22.0 Å². The van der Waals surface area contributed by atoms with Crippen molar-refractivity contribution in [3.8, 4) is 11.5 Å². The lowest BCUT2D eigenvalue weighted by molar-refractivity contribution is 0.413. The largest absolute Gasteiger partial charge is 0.451 e. The minimum absolute atomic E-state index is 0.0400. The lowest BCUT2D eigenvalue weighted by Crippen LogP contribution is -2.05. The SMILES string of the molecule is C[C@H](N)c1ccc(Oc2cc(Br)ccc2F)c(F)c1. The van der Waals surface area contributed by atoms with Gasteiger partial charge >= 0.3 is 0 Å². The van der Waals surface area contributed by atoms with E-state index in [0.29, 0.717) is 10.0 Å². The fourth-order valence-corrected chi connectivity index (χ4v) is 1.90. The summed E-state index contributed by atoms with van der Waals surface area (Å²) in [6.07, 6.45) is 0. The molecule has 0 saturated carbocycles. The van der Waals surface area contributed by atoms with Gasteiger partial charge in [-0.05, 0) is 42.8 Å². The normalized spacial score (nSPS) is 12.3. The predicted octanol–water partition coefficient (Wildman–Crippen LogP) is 4.54. The molecule has 0 fully saturated rings. The van der Waals surface area contributed by atoms with Gasteiger partial charge in [0.15, 0.2) is 23.1 Å². The Labute approximate surface area is 118 Å². The van der Waals surface area contributed by atoms with Crippen molar-refractivity contribution in [2.24, 2.45) is 5.73 Å². The second kappa shape index (κ2) is 5.67. The molecule has 2 aromatic rings. The van der Waals surface area contributed by atoms with Crippen LogP contribution >= 0.6 is 15.9 Å². The van der Waals surface area contributed by atoms with E-state index in [0.717, 1.165) is 0 Å². The van der Waals surface area contributed by atoms with Crippen LogP contribution in [0.4, 0.5) is 8.78 Å². The molecule has 19 heavy (non-hydrogen) atoms. The maximum Gasteiger partial charge on any atom is 0.166 e. The highest BCUT2D eigenvalue weighted by atomic mass is 79.9. The second-order valence-corrected chi connectivity index (χ2v) is 5.07.